The van der Waals surface area contributed by atoms with Crippen LogP contribution in [0.2, 0.25) is 0 Å². The van der Waals surface area contributed by atoms with E-state index in [2.05, 4.69) is 25.5 Å². The van der Waals surface area contributed by atoms with Crippen LogP contribution in [0.1, 0.15) is 0 Å². The molecular formula is C17H21N5O3. The highest BCUT2D eigenvalue weighted by Gasteiger charge is 2.13. The summed E-state index contributed by atoms with van der Waals surface area (Å²) in [4.78, 5) is 11.1. The Morgan fingerprint density at radius 3 is 2.88 bits per heavy atom. The lowest BCUT2D eigenvalue weighted by Crippen LogP contribution is -2.39. The van der Waals surface area contributed by atoms with Crippen LogP contribution < -0.4 is 20.1 Å². The predicted molar refractivity (Wildman–Crippen MR) is 93.6 cm³/mol. The Hall–Kier alpha value is -2.58. The number of rotatable bonds is 6. The molecule has 0 aliphatic carbocycles. The lowest BCUT2D eigenvalue weighted by molar-refractivity contribution is 0.0398. The Bertz CT molecular complexity index is 721. The smallest absolute Gasteiger partial charge is 0.231 e. The van der Waals surface area contributed by atoms with Gasteiger partial charge in [-0.2, -0.15) is 4.98 Å². The number of nitrogens with one attached hydrogen (secondary N) is 2. The fourth-order valence-corrected chi connectivity index (χ4v) is 2.79. The van der Waals surface area contributed by atoms with E-state index in [0.717, 1.165) is 62.4 Å². The maximum absolute atomic E-state index is 5.39. The summed E-state index contributed by atoms with van der Waals surface area (Å²) in [5.74, 6) is 2.84. The molecule has 2 aliphatic heterocycles. The number of hydrogen-bond acceptors (Lipinski definition) is 8. The van der Waals surface area contributed by atoms with Crippen LogP contribution >= 0.6 is 0 Å². The van der Waals surface area contributed by atoms with E-state index in [1.165, 1.54) is 0 Å². The lowest BCUT2D eigenvalue weighted by atomic mass is 10.3. The Labute approximate surface area is 146 Å². The Kier molecular flexibility index (Phi) is 4.80. The third-order valence-corrected chi connectivity index (χ3v) is 4.12. The van der Waals surface area contributed by atoms with Gasteiger partial charge in [0.15, 0.2) is 11.5 Å². The summed E-state index contributed by atoms with van der Waals surface area (Å²) >= 11 is 0. The molecule has 2 aliphatic rings. The highest BCUT2D eigenvalue weighted by molar-refractivity contribution is 5.62. The summed E-state index contributed by atoms with van der Waals surface area (Å²) < 4.78 is 16.1. The second-order valence-corrected chi connectivity index (χ2v) is 5.84. The lowest BCUT2D eigenvalue weighted by Gasteiger charge is -2.26. The highest BCUT2D eigenvalue weighted by atomic mass is 16.7. The Morgan fingerprint density at radius 2 is 1.96 bits per heavy atom. The molecule has 0 amide bonds. The molecule has 3 heterocycles. The second kappa shape index (κ2) is 7.54. The van der Waals surface area contributed by atoms with Crippen LogP contribution in [0.25, 0.3) is 0 Å². The molecule has 1 fully saturated rings. The van der Waals surface area contributed by atoms with Crippen molar-refractivity contribution in [3.05, 3.63) is 30.5 Å². The van der Waals surface area contributed by atoms with Crippen LogP contribution in [0.15, 0.2) is 30.5 Å². The Balaban J connectivity index is 1.33. The van der Waals surface area contributed by atoms with E-state index in [1.807, 2.05) is 24.3 Å². The van der Waals surface area contributed by atoms with Gasteiger partial charge in [-0.25, -0.2) is 4.98 Å². The monoisotopic (exact) mass is 343 g/mol. The van der Waals surface area contributed by atoms with Gasteiger partial charge in [-0.3, -0.25) is 4.90 Å². The number of benzene rings is 1. The maximum Gasteiger partial charge on any atom is 0.231 e. The summed E-state index contributed by atoms with van der Waals surface area (Å²) in [5, 5.41) is 6.53. The van der Waals surface area contributed by atoms with Crippen LogP contribution in [-0.4, -0.2) is 61.1 Å². The predicted octanol–water partition coefficient (Wildman–Crippen LogP) is 1.69. The van der Waals surface area contributed by atoms with Crippen molar-refractivity contribution in [2.75, 3.05) is 56.8 Å². The maximum atomic E-state index is 5.39. The molecule has 0 saturated carbocycles. The number of hydrogen-bond donors (Lipinski definition) is 2. The van der Waals surface area contributed by atoms with Crippen molar-refractivity contribution < 1.29 is 14.2 Å². The fourth-order valence-electron chi connectivity index (χ4n) is 2.79. The quantitative estimate of drug-likeness (QED) is 0.820. The minimum Gasteiger partial charge on any atom is -0.454 e. The van der Waals surface area contributed by atoms with Gasteiger partial charge in [-0.1, -0.05) is 0 Å². The molecule has 0 bridgehead atoms. The number of fused-ring (bicyclic) bond motifs is 1. The fraction of sp³-hybridized carbons (Fsp3) is 0.412. The molecule has 1 saturated heterocycles. The van der Waals surface area contributed by atoms with Crippen molar-refractivity contribution in [3.63, 3.8) is 0 Å². The van der Waals surface area contributed by atoms with E-state index < -0.39 is 0 Å². The third-order valence-electron chi connectivity index (χ3n) is 4.12. The molecule has 2 N–H and O–H groups in total. The molecule has 0 atom stereocenters. The molecule has 1 aromatic carbocycles. The van der Waals surface area contributed by atoms with Crippen molar-refractivity contribution in [1.82, 2.24) is 14.9 Å². The largest absolute Gasteiger partial charge is 0.454 e. The van der Waals surface area contributed by atoms with Gasteiger partial charge in [0.1, 0.15) is 5.82 Å². The average Bonchev–Trinajstić information content (AvgIpc) is 3.11. The molecule has 0 spiro atoms. The highest BCUT2D eigenvalue weighted by Crippen LogP contribution is 2.34. The number of ether oxygens (including phenoxy) is 3. The molecular weight excluding hydrogens is 322 g/mol. The van der Waals surface area contributed by atoms with Crippen LogP contribution in [0.4, 0.5) is 17.5 Å². The zero-order valence-corrected chi connectivity index (χ0v) is 13.9. The topological polar surface area (TPSA) is 80.8 Å². The molecule has 8 heteroatoms. The van der Waals surface area contributed by atoms with Gasteiger partial charge in [-0.05, 0) is 18.2 Å². The van der Waals surface area contributed by atoms with Crippen LogP contribution in [0.3, 0.4) is 0 Å². The molecule has 2 aromatic rings. The first kappa shape index (κ1) is 15.9. The molecule has 1 aromatic heterocycles. The van der Waals surface area contributed by atoms with Crippen LogP contribution in [-0.2, 0) is 4.74 Å². The van der Waals surface area contributed by atoms with Crippen LogP contribution in [0, 0.1) is 0 Å². The molecule has 8 nitrogen and oxygen atoms in total. The van der Waals surface area contributed by atoms with Gasteiger partial charge in [0, 0.05) is 44.1 Å². The third kappa shape index (κ3) is 4.09. The van der Waals surface area contributed by atoms with E-state index >= 15 is 0 Å². The number of anilines is 3. The van der Waals surface area contributed by atoms with Crippen molar-refractivity contribution in [2.45, 2.75) is 0 Å². The van der Waals surface area contributed by atoms with Crippen molar-refractivity contribution in [1.29, 1.82) is 0 Å². The van der Waals surface area contributed by atoms with E-state index in [9.17, 15) is 0 Å². The SMILES string of the molecule is c1cc(Nc2ccc3c(c2)OCO3)nc(NCCN2CCOCC2)n1. The Morgan fingerprint density at radius 1 is 1.08 bits per heavy atom. The number of aromatic nitrogens is 2. The molecule has 0 radical (unpaired) electrons. The van der Waals surface area contributed by atoms with Crippen molar-refractivity contribution in [2.24, 2.45) is 0 Å². The summed E-state index contributed by atoms with van der Waals surface area (Å²) in [6.45, 7) is 5.60. The number of nitrogens with zero attached hydrogens (tertiary/aromatic N) is 3. The van der Waals surface area contributed by atoms with Crippen molar-refractivity contribution in [3.8, 4) is 11.5 Å². The summed E-state index contributed by atoms with van der Waals surface area (Å²) in [6.07, 6.45) is 1.74. The van der Waals surface area contributed by atoms with Gasteiger partial charge < -0.3 is 24.8 Å². The minimum atomic E-state index is 0.267. The van der Waals surface area contributed by atoms with Crippen LogP contribution in [0.5, 0.6) is 11.5 Å². The normalized spacial score (nSPS) is 16.6. The zero-order chi connectivity index (χ0) is 16.9. The van der Waals surface area contributed by atoms with Crippen molar-refractivity contribution >= 4 is 17.5 Å². The first-order valence-electron chi connectivity index (χ1n) is 8.40. The first-order valence-corrected chi connectivity index (χ1v) is 8.40. The van der Waals surface area contributed by atoms with E-state index in [1.54, 1.807) is 6.20 Å². The minimum absolute atomic E-state index is 0.267. The summed E-state index contributed by atoms with van der Waals surface area (Å²) in [5.41, 5.74) is 0.891. The standard InChI is InChI=1S/C17H21N5O3/c1-2-14-15(25-12-24-14)11-13(1)20-16-3-4-18-17(21-16)19-5-6-22-7-9-23-10-8-22/h1-4,11H,5-10,12H2,(H2,18,19,20,21). The van der Waals surface area contributed by atoms with E-state index in [4.69, 9.17) is 14.2 Å². The van der Waals surface area contributed by atoms with Gasteiger partial charge in [0.2, 0.25) is 12.7 Å². The van der Waals surface area contributed by atoms with Gasteiger partial charge in [0.05, 0.1) is 13.2 Å². The molecule has 132 valence electrons. The molecule has 4 rings (SSSR count). The zero-order valence-electron chi connectivity index (χ0n) is 13.9. The van der Waals surface area contributed by atoms with Gasteiger partial charge >= 0.3 is 0 Å². The number of morpholine rings is 1. The molecule has 0 unspecified atom stereocenters. The average molecular weight is 343 g/mol. The summed E-state index contributed by atoms with van der Waals surface area (Å²) in [7, 11) is 0. The second-order valence-electron chi connectivity index (χ2n) is 5.84. The van der Waals surface area contributed by atoms with Gasteiger partial charge in [-0.15, -0.1) is 0 Å². The molecule has 25 heavy (non-hydrogen) atoms. The van der Waals surface area contributed by atoms with Gasteiger partial charge in [0.25, 0.3) is 0 Å². The first-order chi connectivity index (χ1) is 12.4. The van der Waals surface area contributed by atoms with E-state index in [-0.39, 0.29) is 6.79 Å². The van der Waals surface area contributed by atoms with E-state index in [0.29, 0.717) is 5.95 Å². The summed E-state index contributed by atoms with van der Waals surface area (Å²) in [6, 6.07) is 7.54.